The quantitative estimate of drug-likeness (QED) is 0.815. The third-order valence-electron chi connectivity index (χ3n) is 5.02. The van der Waals surface area contributed by atoms with E-state index in [1.807, 2.05) is 0 Å². The number of piperazine rings is 1. The summed E-state index contributed by atoms with van der Waals surface area (Å²) in [5, 5.41) is 9.88. The maximum absolute atomic E-state index is 13.0. The number of amides is 1. The van der Waals surface area contributed by atoms with Crippen LogP contribution in [0.25, 0.3) is 0 Å². The van der Waals surface area contributed by atoms with Crippen LogP contribution in [0.5, 0.6) is 17.2 Å². The number of hydrogen-bond donors (Lipinski definition) is 1. The van der Waals surface area contributed by atoms with Crippen LogP contribution >= 0.6 is 0 Å². The van der Waals surface area contributed by atoms with E-state index in [9.17, 15) is 18.3 Å². The van der Waals surface area contributed by atoms with E-state index in [1.165, 1.54) is 22.5 Å². The van der Waals surface area contributed by atoms with Crippen LogP contribution in [0, 0.1) is 0 Å². The van der Waals surface area contributed by atoms with Crippen LogP contribution in [-0.2, 0) is 10.0 Å². The average Bonchev–Trinajstić information content (AvgIpc) is 2.98. The Labute approximate surface area is 169 Å². The molecule has 1 saturated heterocycles. The summed E-state index contributed by atoms with van der Waals surface area (Å²) in [5.74, 6) is 0.576. The molecular weight excluding hydrogens is 396 g/mol. The van der Waals surface area contributed by atoms with Crippen molar-refractivity contribution in [3.8, 4) is 17.2 Å². The normalized spacial score (nSPS) is 17.6. The first-order valence-corrected chi connectivity index (χ1v) is 10.9. The van der Waals surface area contributed by atoms with Gasteiger partial charge in [-0.2, -0.15) is 4.31 Å². The summed E-state index contributed by atoms with van der Waals surface area (Å²) in [5.41, 5.74) is 0.215. The highest BCUT2D eigenvalue weighted by Gasteiger charge is 2.31. The third-order valence-corrected chi connectivity index (χ3v) is 6.91. The van der Waals surface area contributed by atoms with Crippen molar-refractivity contribution in [3.05, 3.63) is 48.0 Å². The van der Waals surface area contributed by atoms with Crippen molar-refractivity contribution in [3.63, 3.8) is 0 Å². The molecule has 29 heavy (non-hydrogen) atoms. The zero-order chi connectivity index (χ0) is 20.4. The first kappa shape index (κ1) is 19.5. The van der Waals surface area contributed by atoms with Crippen molar-refractivity contribution < 1.29 is 27.8 Å². The molecule has 8 nitrogen and oxygen atoms in total. The standard InChI is InChI=1S/C20H22N2O6S/c23-17-5-2-1-4-16(17)20(24)21-8-10-22(11-9-21)29(25,26)15-6-7-18-19(14-15)28-13-3-12-27-18/h1-2,4-7,14,23H,3,8-13H2. The van der Waals surface area contributed by atoms with Crippen LogP contribution in [0.4, 0.5) is 0 Å². The molecule has 0 radical (unpaired) electrons. The van der Waals surface area contributed by atoms with Crippen molar-refractivity contribution >= 4 is 15.9 Å². The summed E-state index contributed by atoms with van der Waals surface area (Å²) in [6.07, 6.45) is 0.740. The molecule has 1 fully saturated rings. The lowest BCUT2D eigenvalue weighted by Crippen LogP contribution is -2.50. The number of ether oxygens (including phenoxy) is 2. The molecule has 0 bridgehead atoms. The second kappa shape index (κ2) is 7.92. The molecule has 2 aliphatic heterocycles. The number of hydrogen-bond acceptors (Lipinski definition) is 6. The van der Waals surface area contributed by atoms with Crippen molar-refractivity contribution in [2.45, 2.75) is 11.3 Å². The van der Waals surface area contributed by atoms with Gasteiger partial charge in [-0.1, -0.05) is 12.1 Å². The molecule has 0 spiro atoms. The molecule has 2 heterocycles. The van der Waals surface area contributed by atoms with Gasteiger partial charge in [0.15, 0.2) is 11.5 Å². The van der Waals surface area contributed by atoms with Crippen LogP contribution in [0.1, 0.15) is 16.8 Å². The van der Waals surface area contributed by atoms with Gasteiger partial charge in [-0.15, -0.1) is 0 Å². The van der Waals surface area contributed by atoms with Gasteiger partial charge in [-0.05, 0) is 24.3 Å². The number of aromatic hydroxyl groups is 1. The second-order valence-electron chi connectivity index (χ2n) is 6.87. The molecule has 1 N–H and O–H groups in total. The largest absolute Gasteiger partial charge is 0.507 e. The number of phenolic OH excluding ortho intramolecular Hbond substituents is 1. The van der Waals surface area contributed by atoms with Gasteiger partial charge in [0.25, 0.3) is 5.91 Å². The number of rotatable bonds is 3. The molecule has 0 aromatic heterocycles. The van der Waals surface area contributed by atoms with Gasteiger partial charge < -0.3 is 19.5 Å². The van der Waals surface area contributed by atoms with Gasteiger partial charge in [-0.3, -0.25) is 4.79 Å². The Balaban J connectivity index is 1.47. The fraction of sp³-hybridized carbons (Fsp3) is 0.350. The zero-order valence-electron chi connectivity index (χ0n) is 15.8. The molecule has 2 aliphatic rings. The summed E-state index contributed by atoms with van der Waals surface area (Å²) in [6, 6.07) is 11.0. The first-order valence-electron chi connectivity index (χ1n) is 9.44. The molecule has 2 aromatic rings. The average molecular weight is 418 g/mol. The Kier molecular flexibility index (Phi) is 5.33. The van der Waals surface area contributed by atoms with E-state index in [2.05, 4.69) is 0 Å². The molecule has 9 heteroatoms. The monoisotopic (exact) mass is 418 g/mol. The molecule has 0 aliphatic carbocycles. The Hall–Kier alpha value is -2.78. The van der Waals surface area contributed by atoms with Crippen molar-refractivity contribution in [2.24, 2.45) is 0 Å². The lowest BCUT2D eigenvalue weighted by molar-refractivity contribution is 0.0695. The number of carbonyl (C=O) groups excluding carboxylic acids is 1. The Morgan fingerprint density at radius 1 is 0.931 bits per heavy atom. The van der Waals surface area contributed by atoms with Crippen LogP contribution in [0.3, 0.4) is 0 Å². The predicted molar refractivity (Wildman–Crippen MR) is 105 cm³/mol. The highest BCUT2D eigenvalue weighted by molar-refractivity contribution is 7.89. The Morgan fingerprint density at radius 2 is 1.62 bits per heavy atom. The predicted octanol–water partition coefficient (Wildman–Crippen LogP) is 1.70. The van der Waals surface area contributed by atoms with Gasteiger partial charge in [0.05, 0.1) is 23.7 Å². The molecule has 0 saturated carbocycles. The SMILES string of the molecule is O=C(c1ccccc1O)N1CCN(S(=O)(=O)c2ccc3c(c2)OCCCO3)CC1. The second-order valence-corrected chi connectivity index (χ2v) is 8.81. The van der Waals surface area contributed by atoms with Crippen molar-refractivity contribution in [1.29, 1.82) is 0 Å². The number of phenols is 1. The minimum Gasteiger partial charge on any atom is -0.507 e. The lowest BCUT2D eigenvalue weighted by Gasteiger charge is -2.34. The minimum absolute atomic E-state index is 0.0836. The van der Waals surface area contributed by atoms with Gasteiger partial charge in [-0.25, -0.2) is 8.42 Å². The maximum Gasteiger partial charge on any atom is 0.257 e. The smallest absolute Gasteiger partial charge is 0.257 e. The molecule has 4 rings (SSSR count). The van der Waals surface area contributed by atoms with Crippen molar-refractivity contribution in [2.75, 3.05) is 39.4 Å². The van der Waals surface area contributed by atoms with E-state index >= 15 is 0 Å². The van der Waals surface area contributed by atoms with Gasteiger partial charge in [0.1, 0.15) is 5.75 Å². The molecule has 2 aromatic carbocycles. The molecule has 154 valence electrons. The van der Waals surface area contributed by atoms with E-state index in [4.69, 9.17) is 9.47 Å². The summed E-state index contributed by atoms with van der Waals surface area (Å²) in [4.78, 5) is 14.3. The summed E-state index contributed by atoms with van der Waals surface area (Å²) in [6.45, 7) is 1.86. The number of para-hydroxylation sites is 1. The summed E-state index contributed by atoms with van der Waals surface area (Å²) < 4.78 is 38.6. The van der Waals surface area contributed by atoms with Crippen LogP contribution < -0.4 is 9.47 Å². The van der Waals surface area contributed by atoms with E-state index in [1.54, 1.807) is 29.2 Å². The van der Waals surface area contributed by atoms with Crippen LogP contribution in [0.15, 0.2) is 47.4 Å². The highest BCUT2D eigenvalue weighted by atomic mass is 32.2. The number of sulfonamides is 1. The van der Waals surface area contributed by atoms with Crippen LogP contribution in [-0.4, -0.2) is 68.0 Å². The van der Waals surface area contributed by atoms with Gasteiger partial charge >= 0.3 is 0 Å². The van der Waals surface area contributed by atoms with Crippen LogP contribution in [0.2, 0.25) is 0 Å². The third kappa shape index (κ3) is 3.88. The molecular formula is C20H22N2O6S. The Bertz CT molecular complexity index is 1020. The molecule has 1 amide bonds. The highest BCUT2D eigenvalue weighted by Crippen LogP contribution is 2.33. The topological polar surface area (TPSA) is 96.4 Å². The minimum atomic E-state index is -3.72. The van der Waals surface area contributed by atoms with E-state index in [0.717, 1.165) is 6.42 Å². The van der Waals surface area contributed by atoms with E-state index in [-0.39, 0.29) is 48.3 Å². The van der Waals surface area contributed by atoms with Crippen molar-refractivity contribution in [1.82, 2.24) is 9.21 Å². The summed E-state index contributed by atoms with van der Waals surface area (Å²) in [7, 11) is -3.72. The fourth-order valence-corrected chi connectivity index (χ4v) is 4.85. The van der Waals surface area contributed by atoms with Gasteiger partial charge in [0.2, 0.25) is 10.0 Å². The number of fused-ring (bicyclic) bond motifs is 1. The van der Waals surface area contributed by atoms with E-state index < -0.39 is 10.0 Å². The zero-order valence-corrected chi connectivity index (χ0v) is 16.6. The maximum atomic E-state index is 13.0. The fourth-order valence-electron chi connectivity index (χ4n) is 3.41. The van der Waals surface area contributed by atoms with Gasteiger partial charge in [0, 0.05) is 38.7 Å². The number of nitrogens with zero attached hydrogens (tertiary/aromatic N) is 2. The molecule has 0 atom stereocenters. The Morgan fingerprint density at radius 3 is 2.34 bits per heavy atom. The molecule has 0 unspecified atom stereocenters. The van der Waals surface area contributed by atoms with E-state index in [0.29, 0.717) is 24.7 Å². The number of carbonyl (C=O) groups is 1. The lowest BCUT2D eigenvalue weighted by atomic mass is 10.1. The summed E-state index contributed by atoms with van der Waals surface area (Å²) >= 11 is 0. The first-order chi connectivity index (χ1) is 14.0. The number of benzene rings is 2.